The van der Waals surface area contributed by atoms with Gasteiger partial charge < -0.3 is 9.84 Å². The Labute approximate surface area is 112 Å². The molecule has 0 fully saturated rings. The Morgan fingerprint density at radius 1 is 1.40 bits per heavy atom. The van der Waals surface area contributed by atoms with Crippen LogP contribution in [0, 0.1) is 5.82 Å². The molecular formula is C10H10F3NO5S. The highest BCUT2D eigenvalue weighted by Crippen LogP contribution is 2.22. The molecule has 1 atom stereocenters. The maximum Gasteiger partial charge on any atom is 0.387 e. The van der Waals surface area contributed by atoms with Crippen LogP contribution in [0.25, 0.3) is 0 Å². The third-order valence-corrected chi connectivity index (χ3v) is 3.67. The van der Waals surface area contributed by atoms with E-state index >= 15 is 0 Å². The van der Waals surface area contributed by atoms with Crippen LogP contribution in [0.4, 0.5) is 13.2 Å². The average molecular weight is 313 g/mol. The lowest BCUT2D eigenvalue weighted by molar-refractivity contribution is -0.138. The van der Waals surface area contributed by atoms with Crippen LogP contribution in [0.15, 0.2) is 23.1 Å². The Balaban J connectivity index is 3.03. The van der Waals surface area contributed by atoms with Gasteiger partial charge in [0.15, 0.2) is 11.6 Å². The number of carboxylic acid groups (broad SMARTS) is 1. The molecular weight excluding hydrogens is 303 g/mol. The van der Waals surface area contributed by atoms with Gasteiger partial charge in [0.2, 0.25) is 10.0 Å². The van der Waals surface area contributed by atoms with E-state index in [1.165, 1.54) is 0 Å². The summed E-state index contributed by atoms with van der Waals surface area (Å²) in [6.07, 6.45) is 0. The van der Waals surface area contributed by atoms with E-state index in [0.29, 0.717) is 12.1 Å². The number of halogens is 3. The molecule has 0 aliphatic carbocycles. The van der Waals surface area contributed by atoms with Crippen LogP contribution in [0.3, 0.4) is 0 Å². The Hall–Kier alpha value is -1.81. The summed E-state index contributed by atoms with van der Waals surface area (Å²) < 4.78 is 66.2. The maximum absolute atomic E-state index is 13.4. The molecule has 20 heavy (non-hydrogen) atoms. The average Bonchev–Trinajstić information content (AvgIpc) is 2.30. The first-order valence-corrected chi connectivity index (χ1v) is 6.61. The predicted molar refractivity (Wildman–Crippen MR) is 60.5 cm³/mol. The highest BCUT2D eigenvalue weighted by atomic mass is 32.2. The number of hydrogen-bond donors (Lipinski definition) is 2. The maximum atomic E-state index is 13.4. The molecule has 0 amide bonds. The monoisotopic (exact) mass is 313 g/mol. The zero-order chi connectivity index (χ0) is 15.5. The summed E-state index contributed by atoms with van der Waals surface area (Å²) in [4.78, 5) is 9.94. The molecule has 0 bridgehead atoms. The lowest BCUT2D eigenvalue weighted by atomic mass is 10.3. The van der Waals surface area contributed by atoms with Crippen molar-refractivity contribution in [3.8, 4) is 5.75 Å². The van der Waals surface area contributed by atoms with Crippen molar-refractivity contribution in [3.63, 3.8) is 0 Å². The summed E-state index contributed by atoms with van der Waals surface area (Å²) in [5.41, 5.74) is 0. The summed E-state index contributed by atoms with van der Waals surface area (Å²) >= 11 is 0. The number of rotatable bonds is 6. The molecule has 0 heterocycles. The van der Waals surface area contributed by atoms with Crippen LogP contribution in [-0.4, -0.2) is 32.1 Å². The first-order valence-electron chi connectivity index (χ1n) is 5.13. The number of sulfonamides is 1. The Morgan fingerprint density at radius 2 is 2.00 bits per heavy atom. The Morgan fingerprint density at radius 3 is 2.45 bits per heavy atom. The van der Waals surface area contributed by atoms with Gasteiger partial charge in [0.05, 0.1) is 4.90 Å². The van der Waals surface area contributed by atoms with Crippen molar-refractivity contribution in [1.82, 2.24) is 4.72 Å². The zero-order valence-corrected chi connectivity index (χ0v) is 10.8. The van der Waals surface area contributed by atoms with Crippen molar-refractivity contribution in [3.05, 3.63) is 24.0 Å². The molecule has 0 aromatic heterocycles. The Kier molecular flexibility index (Phi) is 4.95. The van der Waals surface area contributed by atoms with E-state index in [0.717, 1.165) is 13.0 Å². The van der Waals surface area contributed by atoms with Crippen molar-refractivity contribution in [1.29, 1.82) is 0 Å². The van der Waals surface area contributed by atoms with E-state index in [-0.39, 0.29) is 0 Å². The van der Waals surface area contributed by atoms with Gasteiger partial charge in [-0.3, -0.25) is 4.79 Å². The minimum atomic E-state index is -4.29. The van der Waals surface area contributed by atoms with Gasteiger partial charge in [0, 0.05) is 0 Å². The van der Waals surface area contributed by atoms with Crippen LogP contribution in [0.2, 0.25) is 0 Å². The highest BCUT2D eigenvalue weighted by molar-refractivity contribution is 7.89. The number of carboxylic acids is 1. The van der Waals surface area contributed by atoms with Gasteiger partial charge in [-0.05, 0) is 25.1 Å². The van der Waals surface area contributed by atoms with Crippen LogP contribution in [0.5, 0.6) is 5.75 Å². The molecule has 1 rings (SSSR count). The first-order chi connectivity index (χ1) is 9.13. The van der Waals surface area contributed by atoms with E-state index in [9.17, 15) is 26.4 Å². The summed E-state index contributed by atoms with van der Waals surface area (Å²) in [5.74, 6) is -3.55. The van der Waals surface area contributed by atoms with Crippen molar-refractivity contribution in [2.45, 2.75) is 24.5 Å². The number of ether oxygens (including phenoxy) is 1. The summed E-state index contributed by atoms with van der Waals surface area (Å²) in [6.45, 7) is -2.18. The third kappa shape index (κ3) is 4.10. The van der Waals surface area contributed by atoms with E-state index < -0.39 is 45.1 Å². The third-order valence-electron chi connectivity index (χ3n) is 2.13. The molecule has 0 radical (unpaired) electrons. The zero-order valence-electron chi connectivity index (χ0n) is 10.0. The molecule has 0 saturated heterocycles. The normalized spacial score (nSPS) is 13.2. The van der Waals surface area contributed by atoms with E-state index in [1.54, 1.807) is 4.72 Å². The van der Waals surface area contributed by atoms with Gasteiger partial charge in [-0.1, -0.05) is 0 Å². The summed E-state index contributed by atoms with van der Waals surface area (Å²) in [6, 6.07) is 0.549. The smallest absolute Gasteiger partial charge is 0.387 e. The van der Waals surface area contributed by atoms with E-state index in [4.69, 9.17) is 5.11 Å². The number of aliphatic carboxylic acids is 1. The predicted octanol–water partition coefficient (Wildman–Crippen LogP) is 1.18. The SMILES string of the molecule is CC(NS(=O)(=O)c1ccc(OC(F)F)c(F)c1)C(=O)O. The van der Waals surface area contributed by atoms with Crippen LogP contribution >= 0.6 is 0 Å². The van der Waals surface area contributed by atoms with Crippen LogP contribution < -0.4 is 9.46 Å². The summed E-state index contributed by atoms with van der Waals surface area (Å²) in [5, 5.41) is 8.59. The van der Waals surface area contributed by atoms with Gasteiger partial charge in [-0.15, -0.1) is 0 Å². The molecule has 1 aromatic rings. The van der Waals surface area contributed by atoms with Gasteiger partial charge in [-0.2, -0.15) is 13.5 Å². The molecule has 0 aliphatic heterocycles. The molecule has 6 nitrogen and oxygen atoms in total. The number of hydrogen-bond acceptors (Lipinski definition) is 4. The molecule has 0 aliphatic rings. The van der Waals surface area contributed by atoms with Gasteiger partial charge in [0.25, 0.3) is 0 Å². The lowest BCUT2D eigenvalue weighted by Crippen LogP contribution is -2.38. The van der Waals surface area contributed by atoms with Crippen LogP contribution in [-0.2, 0) is 14.8 Å². The number of carbonyl (C=O) groups is 1. The topological polar surface area (TPSA) is 92.7 Å². The molecule has 2 N–H and O–H groups in total. The fourth-order valence-corrected chi connectivity index (χ4v) is 2.40. The van der Waals surface area contributed by atoms with E-state index in [1.807, 2.05) is 0 Å². The molecule has 1 aromatic carbocycles. The van der Waals surface area contributed by atoms with Crippen LogP contribution in [0.1, 0.15) is 6.92 Å². The van der Waals surface area contributed by atoms with Gasteiger partial charge in [-0.25, -0.2) is 12.8 Å². The lowest BCUT2D eigenvalue weighted by Gasteiger charge is -2.11. The molecule has 0 spiro atoms. The molecule has 112 valence electrons. The highest BCUT2D eigenvalue weighted by Gasteiger charge is 2.23. The fraction of sp³-hybridized carbons (Fsp3) is 0.300. The summed E-state index contributed by atoms with van der Waals surface area (Å²) in [7, 11) is -4.29. The minimum absolute atomic E-state index is 0.453. The van der Waals surface area contributed by atoms with Crippen molar-refractivity contribution >= 4 is 16.0 Å². The number of nitrogens with one attached hydrogen (secondary N) is 1. The minimum Gasteiger partial charge on any atom is -0.480 e. The standard InChI is InChI=1S/C10H10F3NO5S/c1-5(9(15)16)14-20(17,18)6-2-3-8(7(11)4-6)19-10(12)13/h2-5,10,14H,1H3,(H,15,16). The second kappa shape index (κ2) is 6.09. The van der Waals surface area contributed by atoms with Crippen molar-refractivity contribution in [2.24, 2.45) is 0 Å². The second-order valence-electron chi connectivity index (χ2n) is 3.65. The molecule has 0 saturated carbocycles. The first kappa shape index (κ1) is 16.2. The van der Waals surface area contributed by atoms with Crippen molar-refractivity contribution < 1.29 is 36.2 Å². The van der Waals surface area contributed by atoms with E-state index in [2.05, 4.69) is 4.74 Å². The molecule has 1 unspecified atom stereocenters. The second-order valence-corrected chi connectivity index (χ2v) is 5.37. The molecule has 10 heteroatoms. The largest absolute Gasteiger partial charge is 0.480 e. The fourth-order valence-electron chi connectivity index (χ4n) is 1.19. The quantitative estimate of drug-likeness (QED) is 0.822. The number of alkyl halides is 2. The van der Waals surface area contributed by atoms with Gasteiger partial charge >= 0.3 is 12.6 Å². The van der Waals surface area contributed by atoms with Crippen molar-refractivity contribution in [2.75, 3.05) is 0 Å². The number of benzene rings is 1. The van der Waals surface area contributed by atoms with Gasteiger partial charge in [0.1, 0.15) is 6.04 Å². The Bertz CT molecular complexity index is 605.